The van der Waals surface area contributed by atoms with Crippen molar-refractivity contribution in [3.8, 4) is 11.8 Å². The highest BCUT2D eigenvalue weighted by molar-refractivity contribution is 5.67. The Morgan fingerprint density at radius 2 is 1.70 bits per heavy atom. The van der Waals surface area contributed by atoms with E-state index < -0.39 is 5.60 Å². The van der Waals surface area contributed by atoms with Crippen molar-refractivity contribution in [2.75, 3.05) is 20.6 Å². The van der Waals surface area contributed by atoms with Gasteiger partial charge in [-0.3, -0.25) is 4.90 Å². The average molecular weight is 322 g/mol. The summed E-state index contributed by atoms with van der Waals surface area (Å²) in [5, 5.41) is 2.89. The Balaban J connectivity index is 2.34. The minimum Gasteiger partial charge on any atom is -0.444 e. The molecule has 1 fully saturated rings. The minimum absolute atomic E-state index is 0.0743. The van der Waals surface area contributed by atoms with E-state index in [-0.39, 0.29) is 11.6 Å². The van der Waals surface area contributed by atoms with Crippen molar-refractivity contribution in [1.29, 1.82) is 0 Å². The fourth-order valence-corrected chi connectivity index (χ4v) is 2.44. The predicted octanol–water partition coefficient (Wildman–Crippen LogP) is 3.66. The normalized spacial score (nSPS) is 22.3. The van der Waals surface area contributed by atoms with Gasteiger partial charge in [-0.05, 0) is 80.3 Å². The number of carbonyl (C=O) groups excluding carboxylic acids is 1. The van der Waals surface area contributed by atoms with E-state index in [4.69, 9.17) is 4.74 Å². The van der Waals surface area contributed by atoms with Gasteiger partial charge >= 0.3 is 6.09 Å². The maximum atomic E-state index is 11.7. The standard InChI is InChI=1S/C19H34N2O2/c1-18(2,3)23-17(22)20-14-16-10-8-15(9-11-16)12-13-19(4,5)21(6)7/h15-16H,8-11,14H2,1-7H3,(H,20,22). The molecule has 0 aromatic carbocycles. The van der Waals surface area contributed by atoms with Gasteiger partial charge in [0.05, 0.1) is 5.54 Å². The van der Waals surface area contributed by atoms with Crippen LogP contribution in [-0.4, -0.2) is 42.8 Å². The van der Waals surface area contributed by atoms with E-state index in [0.29, 0.717) is 18.4 Å². The summed E-state index contributed by atoms with van der Waals surface area (Å²) in [4.78, 5) is 13.8. The van der Waals surface area contributed by atoms with Gasteiger partial charge in [0.2, 0.25) is 0 Å². The topological polar surface area (TPSA) is 41.6 Å². The number of amides is 1. The van der Waals surface area contributed by atoms with Crippen molar-refractivity contribution in [3.05, 3.63) is 0 Å². The van der Waals surface area contributed by atoms with Crippen molar-refractivity contribution < 1.29 is 9.53 Å². The van der Waals surface area contributed by atoms with E-state index in [9.17, 15) is 4.79 Å². The zero-order chi connectivity index (χ0) is 17.7. The Hall–Kier alpha value is -1.21. The van der Waals surface area contributed by atoms with Gasteiger partial charge in [0.1, 0.15) is 5.60 Å². The molecule has 4 heteroatoms. The molecule has 23 heavy (non-hydrogen) atoms. The number of nitrogens with zero attached hydrogens (tertiary/aromatic N) is 1. The molecule has 1 aliphatic carbocycles. The third kappa shape index (κ3) is 7.74. The number of nitrogens with one attached hydrogen (secondary N) is 1. The highest BCUT2D eigenvalue weighted by atomic mass is 16.6. The Kier molecular flexibility index (Phi) is 6.95. The molecule has 0 heterocycles. The van der Waals surface area contributed by atoms with Gasteiger partial charge in [-0.25, -0.2) is 4.79 Å². The fourth-order valence-electron chi connectivity index (χ4n) is 2.44. The summed E-state index contributed by atoms with van der Waals surface area (Å²) in [5.41, 5.74) is -0.508. The van der Waals surface area contributed by atoms with Gasteiger partial charge < -0.3 is 10.1 Å². The van der Waals surface area contributed by atoms with Crippen LogP contribution in [0.5, 0.6) is 0 Å². The number of alkyl carbamates (subject to hydrolysis) is 1. The second kappa shape index (κ2) is 8.06. The van der Waals surface area contributed by atoms with Gasteiger partial charge in [0.25, 0.3) is 0 Å². The molecule has 0 bridgehead atoms. The highest BCUT2D eigenvalue weighted by Crippen LogP contribution is 2.28. The summed E-state index contributed by atoms with van der Waals surface area (Å²) in [5.74, 6) is 7.90. The number of hydrogen-bond donors (Lipinski definition) is 1. The van der Waals surface area contributed by atoms with Crippen LogP contribution in [0.3, 0.4) is 0 Å². The number of ether oxygens (including phenoxy) is 1. The van der Waals surface area contributed by atoms with Crippen LogP contribution in [0.25, 0.3) is 0 Å². The van der Waals surface area contributed by atoms with Gasteiger partial charge in [-0.2, -0.15) is 0 Å². The molecule has 0 saturated heterocycles. The molecule has 1 rings (SSSR count). The first-order valence-corrected chi connectivity index (χ1v) is 8.66. The molecule has 0 atom stereocenters. The first-order chi connectivity index (χ1) is 10.5. The first-order valence-electron chi connectivity index (χ1n) is 8.66. The lowest BCUT2D eigenvalue weighted by atomic mass is 9.82. The maximum absolute atomic E-state index is 11.7. The fraction of sp³-hybridized carbons (Fsp3) is 0.842. The van der Waals surface area contributed by atoms with Gasteiger partial charge in [-0.1, -0.05) is 11.8 Å². The van der Waals surface area contributed by atoms with Crippen LogP contribution in [0.1, 0.15) is 60.3 Å². The maximum Gasteiger partial charge on any atom is 0.407 e. The first kappa shape index (κ1) is 19.8. The molecule has 0 aromatic heterocycles. The summed E-state index contributed by atoms with van der Waals surface area (Å²) < 4.78 is 5.27. The summed E-state index contributed by atoms with van der Waals surface area (Å²) in [7, 11) is 4.13. The van der Waals surface area contributed by atoms with Crippen LogP contribution in [-0.2, 0) is 4.74 Å². The van der Waals surface area contributed by atoms with E-state index in [1.807, 2.05) is 20.8 Å². The molecule has 1 saturated carbocycles. The Labute approximate surface area is 142 Å². The molecule has 4 nitrogen and oxygen atoms in total. The number of rotatable bonds is 3. The summed E-state index contributed by atoms with van der Waals surface area (Å²) in [6.07, 6.45) is 4.18. The molecular formula is C19H34N2O2. The molecule has 0 spiro atoms. The number of hydrogen-bond acceptors (Lipinski definition) is 3. The molecule has 0 unspecified atom stereocenters. The summed E-state index contributed by atoms with van der Waals surface area (Å²) >= 11 is 0. The lowest BCUT2D eigenvalue weighted by molar-refractivity contribution is 0.0514. The van der Waals surface area contributed by atoms with Crippen LogP contribution in [0.15, 0.2) is 0 Å². The van der Waals surface area contributed by atoms with Crippen LogP contribution in [0.4, 0.5) is 4.79 Å². The SMILES string of the molecule is CN(C)C(C)(C)C#CC1CCC(CNC(=O)OC(C)(C)C)CC1. The predicted molar refractivity (Wildman–Crippen MR) is 95.2 cm³/mol. The third-order valence-corrected chi connectivity index (χ3v) is 4.48. The van der Waals surface area contributed by atoms with Crippen molar-refractivity contribution in [2.24, 2.45) is 11.8 Å². The monoisotopic (exact) mass is 322 g/mol. The Morgan fingerprint density at radius 1 is 1.13 bits per heavy atom. The lowest BCUT2D eigenvalue weighted by Gasteiger charge is -2.28. The van der Waals surface area contributed by atoms with Crippen LogP contribution >= 0.6 is 0 Å². The quantitative estimate of drug-likeness (QED) is 0.806. The zero-order valence-electron chi connectivity index (χ0n) is 16.0. The second-order valence-corrected chi connectivity index (χ2v) is 8.32. The molecule has 1 amide bonds. The van der Waals surface area contributed by atoms with E-state index in [1.54, 1.807) is 0 Å². The Bertz CT molecular complexity index is 444. The minimum atomic E-state index is -0.434. The van der Waals surface area contributed by atoms with Gasteiger partial charge in [0, 0.05) is 12.5 Å². The van der Waals surface area contributed by atoms with E-state index in [1.165, 1.54) is 0 Å². The van der Waals surface area contributed by atoms with Crippen LogP contribution < -0.4 is 5.32 Å². The molecular weight excluding hydrogens is 288 g/mol. The zero-order valence-corrected chi connectivity index (χ0v) is 16.0. The van der Waals surface area contributed by atoms with Gasteiger partial charge in [-0.15, -0.1) is 0 Å². The average Bonchev–Trinajstić information content (AvgIpc) is 2.42. The molecule has 1 aliphatic rings. The third-order valence-electron chi connectivity index (χ3n) is 4.48. The molecule has 132 valence electrons. The smallest absolute Gasteiger partial charge is 0.407 e. The van der Waals surface area contributed by atoms with Crippen molar-refractivity contribution in [2.45, 2.75) is 71.4 Å². The van der Waals surface area contributed by atoms with Crippen molar-refractivity contribution in [3.63, 3.8) is 0 Å². The summed E-state index contributed by atoms with van der Waals surface area (Å²) in [6.45, 7) is 10.6. The molecule has 0 radical (unpaired) electrons. The van der Waals surface area contributed by atoms with Crippen molar-refractivity contribution >= 4 is 6.09 Å². The van der Waals surface area contributed by atoms with E-state index in [0.717, 1.165) is 25.7 Å². The van der Waals surface area contributed by atoms with Crippen molar-refractivity contribution in [1.82, 2.24) is 10.2 Å². The highest BCUT2D eigenvalue weighted by Gasteiger charge is 2.23. The second-order valence-electron chi connectivity index (χ2n) is 8.32. The van der Waals surface area contributed by atoms with E-state index >= 15 is 0 Å². The van der Waals surface area contributed by atoms with Gasteiger partial charge in [0.15, 0.2) is 0 Å². The summed E-state index contributed by atoms with van der Waals surface area (Å²) in [6, 6.07) is 0. The molecule has 0 aromatic rings. The molecule has 0 aliphatic heterocycles. The largest absolute Gasteiger partial charge is 0.444 e. The van der Waals surface area contributed by atoms with Crippen LogP contribution in [0.2, 0.25) is 0 Å². The number of carbonyl (C=O) groups is 1. The lowest BCUT2D eigenvalue weighted by Crippen LogP contribution is -2.37. The van der Waals surface area contributed by atoms with E-state index in [2.05, 4.69) is 50.0 Å². The van der Waals surface area contributed by atoms with Crippen LogP contribution in [0, 0.1) is 23.7 Å². The molecule has 1 N–H and O–H groups in total. The Morgan fingerprint density at radius 3 is 2.17 bits per heavy atom.